The molecule has 1 atom stereocenters. The molecule has 1 aromatic rings. The highest BCUT2D eigenvalue weighted by atomic mass is 35.5. The Balaban J connectivity index is 0.00000200. The lowest BCUT2D eigenvalue weighted by atomic mass is 10.1. The first-order valence-electron chi connectivity index (χ1n) is 6.53. The van der Waals surface area contributed by atoms with E-state index in [1.165, 1.54) is 11.3 Å². The van der Waals surface area contributed by atoms with Crippen molar-refractivity contribution in [1.82, 2.24) is 9.88 Å². The zero-order valence-corrected chi connectivity index (χ0v) is 13.7. The van der Waals surface area contributed by atoms with Gasteiger partial charge in [-0.25, -0.2) is 4.98 Å². The van der Waals surface area contributed by atoms with Crippen molar-refractivity contribution >= 4 is 29.7 Å². The number of morpholine rings is 1. The topological polar surface area (TPSA) is 68.5 Å². The lowest BCUT2D eigenvalue weighted by Crippen LogP contribution is -2.53. The summed E-state index contributed by atoms with van der Waals surface area (Å²) in [6.07, 6.45) is 0.776. The number of hydrogen-bond acceptors (Lipinski definition) is 5. The number of carbonyl (C=O) groups excluding carboxylic acids is 1. The van der Waals surface area contributed by atoms with Gasteiger partial charge >= 0.3 is 0 Å². The lowest BCUT2D eigenvalue weighted by Gasteiger charge is -2.41. The van der Waals surface area contributed by atoms with Crippen LogP contribution in [0.3, 0.4) is 0 Å². The van der Waals surface area contributed by atoms with Crippen molar-refractivity contribution in [3.8, 4) is 0 Å². The molecule has 2 rings (SSSR count). The maximum absolute atomic E-state index is 12.4. The van der Waals surface area contributed by atoms with Crippen molar-refractivity contribution in [3.63, 3.8) is 0 Å². The molecular weight excluding hydrogens is 298 g/mol. The van der Waals surface area contributed by atoms with Crippen LogP contribution in [0.2, 0.25) is 0 Å². The van der Waals surface area contributed by atoms with Crippen LogP contribution in [-0.4, -0.2) is 47.1 Å². The molecule has 5 nitrogen and oxygen atoms in total. The molecular formula is C13H22ClN3O2S. The number of amides is 1. The number of rotatable bonds is 3. The van der Waals surface area contributed by atoms with E-state index in [0.29, 0.717) is 25.3 Å². The Labute approximate surface area is 129 Å². The Kier molecular flexibility index (Phi) is 5.94. The van der Waals surface area contributed by atoms with Crippen molar-refractivity contribution in [2.45, 2.75) is 38.9 Å². The average Bonchev–Trinajstić information content (AvgIpc) is 2.74. The first-order valence-corrected chi connectivity index (χ1v) is 7.41. The molecule has 0 bridgehead atoms. The van der Waals surface area contributed by atoms with Gasteiger partial charge in [0, 0.05) is 24.9 Å². The van der Waals surface area contributed by atoms with Crippen molar-refractivity contribution in [1.29, 1.82) is 0 Å². The molecule has 0 radical (unpaired) electrons. The van der Waals surface area contributed by atoms with Gasteiger partial charge in [0.1, 0.15) is 5.69 Å². The Morgan fingerprint density at radius 2 is 2.35 bits per heavy atom. The van der Waals surface area contributed by atoms with Gasteiger partial charge in [0.15, 0.2) is 0 Å². The third-order valence-corrected chi connectivity index (χ3v) is 3.89. The van der Waals surface area contributed by atoms with Crippen LogP contribution in [0.5, 0.6) is 0 Å². The molecule has 0 spiro atoms. The second kappa shape index (κ2) is 6.85. The normalized spacial score (nSPS) is 21.4. The minimum atomic E-state index is -0.302. The minimum Gasteiger partial charge on any atom is -0.369 e. The SMILES string of the molecule is CC1CN(C(=O)c2csc(CCN)n2)CC(C)(C)O1.Cl. The Morgan fingerprint density at radius 1 is 1.65 bits per heavy atom. The molecule has 20 heavy (non-hydrogen) atoms. The van der Waals surface area contributed by atoms with Crippen LogP contribution < -0.4 is 5.73 Å². The number of hydrogen-bond donors (Lipinski definition) is 1. The molecule has 2 heterocycles. The smallest absolute Gasteiger partial charge is 0.273 e. The van der Waals surface area contributed by atoms with Gasteiger partial charge in [-0.2, -0.15) is 0 Å². The van der Waals surface area contributed by atoms with Crippen LogP contribution in [0.25, 0.3) is 0 Å². The van der Waals surface area contributed by atoms with Crippen molar-refractivity contribution in [3.05, 3.63) is 16.1 Å². The maximum atomic E-state index is 12.4. The maximum Gasteiger partial charge on any atom is 0.273 e. The minimum absolute atomic E-state index is 0. The first-order chi connectivity index (χ1) is 8.91. The summed E-state index contributed by atoms with van der Waals surface area (Å²) < 4.78 is 5.81. The summed E-state index contributed by atoms with van der Waals surface area (Å²) in [7, 11) is 0. The lowest BCUT2D eigenvalue weighted by molar-refractivity contribution is -0.118. The number of ether oxygens (including phenoxy) is 1. The predicted octanol–water partition coefficient (Wildman–Crippen LogP) is 1.71. The molecule has 114 valence electrons. The largest absolute Gasteiger partial charge is 0.369 e. The standard InChI is InChI=1S/C13H21N3O2S.ClH/c1-9-6-16(8-13(2,3)18-9)12(17)10-7-19-11(15-10)4-5-14;/h7,9H,4-6,8,14H2,1-3H3;1H. The molecule has 1 amide bonds. The average molecular weight is 320 g/mol. The fourth-order valence-electron chi connectivity index (χ4n) is 2.42. The number of halogens is 1. The molecule has 2 N–H and O–H groups in total. The highest BCUT2D eigenvalue weighted by Gasteiger charge is 2.34. The van der Waals surface area contributed by atoms with E-state index in [1.54, 1.807) is 0 Å². The van der Waals surface area contributed by atoms with Crippen LogP contribution in [0.15, 0.2) is 5.38 Å². The number of aromatic nitrogens is 1. The second-order valence-corrected chi connectivity index (χ2v) is 6.48. The summed E-state index contributed by atoms with van der Waals surface area (Å²) in [5.74, 6) is -0.0113. The van der Waals surface area contributed by atoms with E-state index in [2.05, 4.69) is 4.98 Å². The number of nitrogens with zero attached hydrogens (tertiary/aromatic N) is 2. The monoisotopic (exact) mass is 319 g/mol. The molecule has 1 fully saturated rings. The van der Waals surface area contributed by atoms with E-state index in [1.807, 2.05) is 31.1 Å². The van der Waals surface area contributed by atoms with Gasteiger partial charge in [-0.05, 0) is 27.3 Å². The number of thiazole rings is 1. The van der Waals surface area contributed by atoms with Gasteiger partial charge < -0.3 is 15.4 Å². The van der Waals surface area contributed by atoms with Crippen LogP contribution in [-0.2, 0) is 11.2 Å². The first kappa shape index (κ1) is 17.4. The Hall–Kier alpha value is -0.690. The summed E-state index contributed by atoms with van der Waals surface area (Å²) in [6.45, 7) is 7.77. The third-order valence-electron chi connectivity index (χ3n) is 2.99. The summed E-state index contributed by atoms with van der Waals surface area (Å²) in [6, 6.07) is 0. The van der Waals surface area contributed by atoms with E-state index in [-0.39, 0.29) is 30.0 Å². The Bertz CT molecular complexity index is 464. The van der Waals surface area contributed by atoms with E-state index in [0.717, 1.165) is 11.4 Å². The number of carbonyl (C=O) groups is 1. The zero-order valence-electron chi connectivity index (χ0n) is 12.1. The molecule has 1 aliphatic rings. The van der Waals surface area contributed by atoms with Crippen LogP contribution in [0.4, 0.5) is 0 Å². The fourth-order valence-corrected chi connectivity index (χ4v) is 3.21. The molecule has 7 heteroatoms. The summed E-state index contributed by atoms with van der Waals surface area (Å²) >= 11 is 1.50. The highest BCUT2D eigenvalue weighted by molar-refractivity contribution is 7.09. The van der Waals surface area contributed by atoms with Gasteiger partial charge in [0.25, 0.3) is 5.91 Å². The van der Waals surface area contributed by atoms with Gasteiger partial charge in [-0.15, -0.1) is 23.7 Å². The molecule has 0 aliphatic carbocycles. The van der Waals surface area contributed by atoms with E-state index < -0.39 is 0 Å². The predicted molar refractivity (Wildman–Crippen MR) is 82.6 cm³/mol. The third kappa shape index (κ3) is 4.15. The van der Waals surface area contributed by atoms with Crippen LogP contribution in [0, 0.1) is 0 Å². The Morgan fingerprint density at radius 3 is 2.95 bits per heavy atom. The van der Waals surface area contributed by atoms with Gasteiger partial charge in [-0.3, -0.25) is 4.79 Å². The molecule has 1 aromatic heterocycles. The summed E-state index contributed by atoms with van der Waals surface area (Å²) in [4.78, 5) is 18.6. The number of nitrogens with two attached hydrogens (primary N) is 1. The van der Waals surface area contributed by atoms with Gasteiger partial charge in [0.05, 0.1) is 16.7 Å². The second-order valence-electron chi connectivity index (χ2n) is 5.54. The summed E-state index contributed by atoms with van der Waals surface area (Å²) in [5.41, 5.74) is 5.72. The molecule has 1 unspecified atom stereocenters. The zero-order chi connectivity index (χ0) is 14.0. The highest BCUT2D eigenvalue weighted by Crippen LogP contribution is 2.22. The van der Waals surface area contributed by atoms with E-state index >= 15 is 0 Å². The van der Waals surface area contributed by atoms with Crippen LogP contribution in [0.1, 0.15) is 36.3 Å². The summed E-state index contributed by atoms with van der Waals surface area (Å²) in [5, 5.41) is 2.74. The van der Waals surface area contributed by atoms with E-state index in [4.69, 9.17) is 10.5 Å². The molecule has 1 saturated heterocycles. The van der Waals surface area contributed by atoms with Gasteiger partial charge in [0.2, 0.25) is 0 Å². The molecule has 1 aliphatic heterocycles. The van der Waals surface area contributed by atoms with Crippen molar-refractivity contribution in [2.24, 2.45) is 5.73 Å². The van der Waals surface area contributed by atoms with Crippen molar-refractivity contribution < 1.29 is 9.53 Å². The quantitative estimate of drug-likeness (QED) is 0.921. The molecule has 0 saturated carbocycles. The van der Waals surface area contributed by atoms with Crippen molar-refractivity contribution in [2.75, 3.05) is 19.6 Å². The fraction of sp³-hybridized carbons (Fsp3) is 0.692. The van der Waals surface area contributed by atoms with Crippen LogP contribution >= 0.6 is 23.7 Å². The van der Waals surface area contributed by atoms with Gasteiger partial charge in [-0.1, -0.05) is 0 Å². The molecule has 0 aromatic carbocycles. The van der Waals surface area contributed by atoms with E-state index in [9.17, 15) is 4.79 Å².